The number of unbranched alkanes of at least 4 members (excludes halogenated alkanes) is 1. The number of aryl methyl sites for hydroxylation is 1. The van der Waals surface area contributed by atoms with Crippen molar-refractivity contribution in [1.82, 2.24) is 19.7 Å². The van der Waals surface area contributed by atoms with Crippen LogP contribution in [0.5, 0.6) is 0 Å². The molecule has 1 N–H and O–H groups in total. The van der Waals surface area contributed by atoms with Gasteiger partial charge in [-0.2, -0.15) is 5.10 Å². The van der Waals surface area contributed by atoms with Gasteiger partial charge in [0.2, 0.25) is 5.91 Å². The Morgan fingerprint density at radius 3 is 2.47 bits per heavy atom. The maximum Gasteiger partial charge on any atom is 0.269 e. The van der Waals surface area contributed by atoms with Gasteiger partial charge in [-0.05, 0) is 48.5 Å². The number of nitrogens with zero attached hydrogens (tertiary/aromatic N) is 4. The molecule has 3 rings (SSSR count). The van der Waals surface area contributed by atoms with Crippen LogP contribution in [-0.2, 0) is 24.4 Å². The van der Waals surface area contributed by atoms with Crippen LogP contribution in [0.4, 0.5) is 5.69 Å². The van der Waals surface area contributed by atoms with Gasteiger partial charge in [0.15, 0.2) is 10.6 Å². The summed E-state index contributed by atoms with van der Waals surface area (Å²) >= 11 is 11.6. The van der Waals surface area contributed by atoms with Gasteiger partial charge in [-0.3, -0.25) is 19.5 Å². The number of nitro groups is 1. The third-order valence-electron chi connectivity index (χ3n) is 4.95. The zero-order valence-electron chi connectivity index (χ0n) is 17.7. The summed E-state index contributed by atoms with van der Waals surface area (Å²) in [6, 6.07) is 13.5. The van der Waals surface area contributed by atoms with Crippen molar-refractivity contribution >= 4 is 35.4 Å². The number of hydrogen-bond donors (Lipinski definition) is 1. The standard InChI is InChI=1S/C22H24ClN5O3S/c1-2-3-13-26-21(17-6-8-18(23)9-7-17)25-27(22(26)32)14-12-20(29)24-15-16-4-10-19(11-5-16)28(30)31/h4-11H,2-3,12-15H2,1H3,(H,24,29). The fraction of sp³-hybridized carbons (Fsp3) is 0.318. The van der Waals surface area contributed by atoms with Crippen molar-refractivity contribution in [2.45, 2.75) is 45.8 Å². The number of halogens is 1. The number of carbonyl (C=O) groups excluding carboxylic acids is 1. The quantitative estimate of drug-likeness (QED) is 0.249. The van der Waals surface area contributed by atoms with Crippen LogP contribution in [0.15, 0.2) is 48.5 Å². The Balaban J connectivity index is 1.66. The Morgan fingerprint density at radius 1 is 1.16 bits per heavy atom. The number of carbonyl (C=O) groups is 1. The molecular formula is C22H24ClN5O3S. The maximum absolute atomic E-state index is 12.3. The van der Waals surface area contributed by atoms with E-state index in [2.05, 4.69) is 17.3 Å². The molecule has 168 valence electrons. The van der Waals surface area contributed by atoms with Gasteiger partial charge in [0.05, 0.1) is 11.5 Å². The smallest absolute Gasteiger partial charge is 0.269 e. The van der Waals surface area contributed by atoms with E-state index in [4.69, 9.17) is 23.8 Å². The number of rotatable bonds is 10. The fourth-order valence-corrected chi connectivity index (χ4v) is 3.58. The zero-order chi connectivity index (χ0) is 23.1. The van der Waals surface area contributed by atoms with Crippen LogP contribution in [0.1, 0.15) is 31.7 Å². The second kappa shape index (κ2) is 11.0. The van der Waals surface area contributed by atoms with Crippen molar-refractivity contribution in [3.8, 4) is 11.4 Å². The molecule has 0 saturated heterocycles. The van der Waals surface area contributed by atoms with Gasteiger partial charge in [-0.1, -0.05) is 37.1 Å². The summed E-state index contributed by atoms with van der Waals surface area (Å²) in [5.74, 6) is 0.604. The van der Waals surface area contributed by atoms with Crippen LogP contribution >= 0.6 is 23.8 Å². The van der Waals surface area contributed by atoms with Crippen LogP contribution in [0, 0.1) is 14.9 Å². The van der Waals surface area contributed by atoms with E-state index in [1.165, 1.54) is 12.1 Å². The third-order valence-corrected chi connectivity index (χ3v) is 5.63. The lowest BCUT2D eigenvalue weighted by atomic mass is 10.2. The van der Waals surface area contributed by atoms with E-state index < -0.39 is 4.92 Å². The van der Waals surface area contributed by atoms with E-state index in [9.17, 15) is 14.9 Å². The summed E-state index contributed by atoms with van der Waals surface area (Å²) in [6.07, 6.45) is 2.21. The molecular weight excluding hydrogens is 450 g/mol. The molecule has 0 fully saturated rings. The minimum Gasteiger partial charge on any atom is -0.352 e. The van der Waals surface area contributed by atoms with Crippen molar-refractivity contribution in [2.24, 2.45) is 0 Å². The van der Waals surface area contributed by atoms with E-state index in [1.54, 1.807) is 16.8 Å². The number of nitro benzene ring substituents is 1. The average Bonchev–Trinajstić information content (AvgIpc) is 3.10. The predicted molar refractivity (Wildman–Crippen MR) is 126 cm³/mol. The topological polar surface area (TPSA) is 95.0 Å². The first-order chi connectivity index (χ1) is 15.4. The van der Waals surface area contributed by atoms with Gasteiger partial charge in [0.1, 0.15) is 0 Å². The highest BCUT2D eigenvalue weighted by molar-refractivity contribution is 7.71. The van der Waals surface area contributed by atoms with Gasteiger partial charge in [0.25, 0.3) is 5.69 Å². The largest absolute Gasteiger partial charge is 0.352 e. The molecule has 32 heavy (non-hydrogen) atoms. The summed E-state index contributed by atoms with van der Waals surface area (Å²) in [6.45, 7) is 3.51. The van der Waals surface area contributed by atoms with Crippen LogP contribution in [0.2, 0.25) is 5.02 Å². The summed E-state index contributed by atoms with van der Waals surface area (Å²) in [4.78, 5) is 22.6. The molecule has 0 spiro atoms. The van der Waals surface area contributed by atoms with Crippen molar-refractivity contribution < 1.29 is 9.72 Å². The van der Waals surface area contributed by atoms with Gasteiger partial charge < -0.3 is 5.32 Å². The van der Waals surface area contributed by atoms with Crippen LogP contribution in [0.25, 0.3) is 11.4 Å². The molecule has 1 heterocycles. The van der Waals surface area contributed by atoms with Crippen LogP contribution < -0.4 is 5.32 Å². The van der Waals surface area contributed by atoms with Crippen molar-refractivity contribution in [3.05, 3.63) is 74.0 Å². The van der Waals surface area contributed by atoms with E-state index in [1.807, 2.05) is 28.8 Å². The molecule has 0 atom stereocenters. The first-order valence-corrected chi connectivity index (χ1v) is 11.1. The van der Waals surface area contributed by atoms with Crippen molar-refractivity contribution in [2.75, 3.05) is 0 Å². The van der Waals surface area contributed by atoms with Crippen molar-refractivity contribution in [1.29, 1.82) is 0 Å². The highest BCUT2D eigenvalue weighted by Gasteiger charge is 2.14. The molecule has 0 aliphatic rings. The lowest BCUT2D eigenvalue weighted by Crippen LogP contribution is -2.24. The average molecular weight is 474 g/mol. The number of non-ortho nitro benzene ring substituents is 1. The summed E-state index contributed by atoms with van der Waals surface area (Å²) in [7, 11) is 0. The SMILES string of the molecule is CCCCn1c(-c2ccc(Cl)cc2)nn(CCC(=O)NCc2ccc([N+](=O)[O-])cc2)c1=S. The molecule has 0 saturated carbocycles. The second-order valence-electron chi connectivity index (χ2n) is 7.29. The van der Waals surface area contributed by atoms with Gasteiger partial charge >= 0.3 is 0 Å². The third kappa shape index (κ3) is 6.02. The lowest BCUT2D eigenvalue weighted by molar-refractivity contribution is -0.384. The molecule has 1 aromatic heterocycles. The molecule has 3 aromatic rings. The lowest BCUT2D eigenvalue weighted by Gasteiger charge is -2.06. The molecule has 2 aromatic carbocycles. The Hall–Kier alpha value is -3.04. The highest BCUT2D eigenvalue weighted by Crippen LogP contribution is 2.21. The minimum absolute atomic E-state index is 0.0182. The van der Waals surface area contributed by atoms with Gasteiger partial charge in [-0.25, -0.2) is 4.68 Å². The molecule has 0 aliphatic carbocycles. The molecule has 0 bridgehead atoms. The Bertz CT molecular complexity index is 1140. The highest BCUT2D eigenvalue weighted by atomic mass is 35.5. The number of amides is 1. The van der Waals surface area contributed by atoms with Gasteiger partial charge in [-0.15, -0.1) is 0 Å². The molecule has 0 aliphatic heterocycles. The first-order valence-electron chi connectivity index (χ1n) is 10.3. The molecule has 0 unspecified atom stereocenters. The van der Waals surface area contributed by atoms with E-state index in [-0.39, 0.29) is 18.0 Å². The second-order valence-corrected chi connectivity index (χ2v) is 8.09. The number of hydrogen-bond acceptors (Lipinski definition) is 5. The Labute approximate surface area is 196 Å². The van der Waals surface area contributed by atoms with Gasteiger partial charge in [0, 0.05) is 42.2 Å². The minimum atomic E-state index is -0.454. The number of benzene rings is 2. The van der Waals surface area contributed by atoms with Crippen LogP contribution in [0.3, 0.4) is 0 Å². The molecule has 10 heteroatoms. The van der Waals surface area contributed by atoms with E-state index >= 15 is 0 Å². The summed E-state index contributed by atoms with van der Waals surface area (Å²) in [5, 5.41) is 18.9. The number of aromatic nitrogens is 3. The Kier molecular flexibility index (Phi) is 8.13. The maximum atomic E-state index is 12.3. The first kappa shape index (κ1) is 23.6. The zero-order valence-corrected chi connectivity index (χ0v) is 19.2. The predicted octanol–water partition coefficient (Wildman–Crippen LogP) is 5.15. The Morgan fingerprint density at radius 2 is 1.84 bits per heavy atom. The van der Waals surface area contributed by atoms with Crippen molar-refractivity contribution in [3.63, 3.8) is 0 Å². The molecule has 1 amide bonds. The normalized spacial score (nSPS) is 10.8. The molecule has 0 radical (unpaired) electrons. The van der Waals surface area contributed by atoms with E-state index in [0.29, 0.717) is 22.9 Å². The summed E-state index contributed by atoms with van der Waals surface area (Å²) < 4.78 is 4.25. The summed E-state index contributed by atoms with van der Waals surface area (Å²) in [5.41, 5.74) is 1.72. The fourth-order valence-electron chi connectivity index (χ4n) is 3.15. The molecule has 8 nitrogen and oxygen atoms in total. The number of nitrogens with one attached hydrogen (secondary N) is 1. The van der Waals surface area contributed by atoms with E-state index in [0.717, 1.165) is 36.3 Å². The van der Waals surface area contributed by atoms with Crippen LogP contribution in [-0.4, -0.2) is 25.2 Å². The monoisotopic (exact) mass is 473 g/mol.